The van der Waals surface area contributed by atoms with E-state index in [1.165, 1.54) is 21.9 Å². The van der Waals surface area contributed by atoms with Crippen LogP contribution in [0.15, 0.2) is 30.3 Å². The Balaban J connectivity index is 1.41. The Morgan fingerprint density at radius 3 is 2.77 bits per heavy atom. The number of anilines is 2. The van der Waals surface area contributed by atoms with Gasteiger partial charge in [0, 0.05) is 25.8 Å². The summed E-state index contributed by atoms with van der Waals surface area (Å²) in [7, 11) is 1.70. The van der Waals surface area contributed by atoms with Crippen LogP contribution in [-0.2, 0) is 4.74 Å². The highest BCUT2D eigenvalue weighted by molar-refractivity contribution is 7.18. The molecule has 4 rings (SSSR count). The van der Waals surface area contributed by atoms with Crippen LogP contribution in [0, 0.1) is 5.82 Å². The van der Waals surface area contributed by atoms with E-state index in [-0.39, 0.29) is 30.7 Å². The van der Waals surface area contributed by atoms with Crippen molar-refractivity contribution < 1.29 is 23.5 Å². The number of hydrogen-bond donors (Lipinski definition) is 1. The zero-order valence-electron chi connectivity index (χ0n) is 16.6. The number of halogens is 2. The third-order valence-corrected chi connectivity index (χ3v) is 6.36. The molecule has 0 unspecified atom stereocenters. The van der Waals surface area contributed by atoms with Gasteiger partial charge >= 0.3 is 12.1 Å². The van der Waals surface area contributed by atoms with Crippen molar-refractivity contribution in [3.8, 4) is 0 Å². The lowest BCUT2D eigenvalue weighted by Gasteiger charge is -2.33. The van der Waals surface area contributed by atoms with E-state index in [1.54, 1.807) is 30.1 Å². The lowest BCUT2D eigenvalue weighted by Crippen LogP contribution is -2.47. The van der Waals surface area contributed by atoms with Crippen molar-refractivity contribution in [2.75, 3.05) is 43.0 Å². The maximum absolute atomic E-state index is 14.8. The second-order valence-electron chi connectivity index (χ2n) is 7.28. The summed E-state index contributed by atoms with van der Waals surface area (Å²) in [5.41, 5.74) is 0.495. The minimum Gasteiger partial charge on any atom is -0.442 e. The third-order valence-electron chi connectivity index (χ3n) is 5.13. The molecule has 2 aromatic rings. The van der Waals surface area contributed by atoms with Crippen LogP contribution in [0.2, 0.25) is 4.34 Å². The minimum absolute atomic E-state index is 0.0606. The molecule has 164 valence electrons. The highest BCUT2D eigenvalue weighted by Gasteiger charge is 2.34. The normalized spacial score (nSPS) is 19.1. The Kier molecular flexibility index (Phi) is 6.01. The van der Waals surface area contributed by atoms with Crippen LogP contribution in [0.25, 0.3) is 0 Å². The third kappa shape index (κ3) is 4.45. The van der Waals surface area contributed by atoms with Gasteiger partial charge in [0.15, 0.2) is 0 Å². The first kappa shape index (κ1) is 21.4. The van der Waals surface area contributed by atoms with Crippen LogP contribution in [0.3, 0.4) is 0 Å². The van der Waals surface area contributed by atoms with Crippen molar-refractivity contribution >= 4 is 52.3 Å². The molecular formula is C20H20ClFN4O4S. The molecule has 1 aromatic carbocycles. The molecular weight excluding hydrogens is 447 g/mol. The number of nitrogens with zero attached hydrogens (tertiary/aromatic N) is 3. The zero-order valence-corrected chi connectivity index (χ0v) is 18.2. The van der Waals surface area contributed by atoms with Crippen molar-refractivity contribution in [2.45, 2.75) is 12.5 Å². The smallest absolute Gasteiger partial charge is 0.414 e. The molecule has 1 aromatic heterocycles. The molecule has 3 heterocycles. The van der Waals surface area contributed by atoms with Gasteiger partial charge < -0.3 is 15.0 Å². The van der Waals surface area contributed by atoms with Crippen LogP contribution in [0.5, 0.6) is 0 Å². The number of ether oxygens (including phenoxy) is 1. The Morgan fingerprint density at radius 2 is 2.06 bits per heavy atom. The topological polar surface area (TPSA) is 82.2 Å². The number of carbonyl (C=O) groups is 3. The number of thiophene rings is 1. The Morgan fingerprint density at radius 1 is 1.26 bits per heavy atom. The van der Waals surface area contributed by atoms with E-state index in [1.807, 2.05) is 0 Å². The molecule has 0 radical (unpaired) electrons. The Hall–Kier alpha value is -2.85. The number of amides is 4. The SMILES string of the molecule is CN1CCCN(c2ccc(N3C[C@H](CNC(=O)c4ccc(Cl)s4)OC3=O)c(F)c2)C1=O. The van der Waals surface area contributed by atoms with Gasteiger partial charge in [-0.15, -0.1) is 11.3 Å². The van der Waals surface area contributed by atoms with Crippen molar-refractivity contribution in [3.05, 3.63) is 45.4 Å². The first-order valence-electron chi connectivity index (χ1n) is 9.67. The highest BCUT2D eigenvalue weighted by atomic mass is 35.5. The summed E-state index contributed by atoms with van der Waals surface area (Å²) in [5, 5.41) is 2.69. The van der Waals surface area contributed by atoms with E-state index in [0.29, 0.717) is 28.0 Å². The van der Waals surface area contributed by atoms with Crippen molar-refractivity contribution in [1.82, 2.24) is 10.2 Å². The van der Waals surface area contributed by atoms with Crippen LogP contribution in [0.4, 0.5) is 25.4 Å². The number of cyclic esters (lactones) is 1. The lowest BCUT2D eigenvalue weighted by atomic mass is 10.2. The largest absolute Gasteiger partial charge is 0.442 e. The fourth-order valence-corrected chi connectivity index (χ4v) is 4.50. The molecule has 2 aliphatic heterocycles. The average Bonchev–Trinajstić information content (AvgIpc) is 3.34. The summed E-state index contributed by atoms with van der Waals surface area (Å²) in [6, 6.07) is 7.36. The maximum Gasteiger partial charge on any atom is 0.414 e. The van der Waals surface area contributed by atoms with E-state index in [9.17, 15) is 18.8 Å². The van der Waals surface area contributed by atoms with Crippen LogP contribution in [0.1, 0.15) is 16.1 Å². The fourth-order valence-electron chi connectivity index (χ4n) is 3.54. The summed E-state index contributed by atoms with van der Waals surface area (Å²) in [5.74, 6) is -0.952. The first-order chi connectivity index (χ1) is 14.8. The van der Waals surface area contributed by atoms with E-state index < -0.39 is 18.0 Å². The standard InChI is InChI=1S/C20H20ClFN4O4S/c1-24-7-2-8-25(19(24)28)12-3-4-15(14(22)9-12)26-11-13(30-20(26)29)10-23-18(27)16-5-6-17(21)31-16/h3-6,9,13H,2,7-8,10-11H2,1H3,(H,23,27)/t13-/m0/s1. The number of hydrogen-bond acceptors (Lipinski definition) is 5. The van der Waals surface area contributed by atoms with Crippen molar-refractivity contribution in [1.29, 1.82) is 0 Å². The van der Waals surface area contributed by atoms with E-state index in [2.05, 4.69) is 5.32 Å². The zero-order chi connectivity index (χ0) is 22.1. The predicted octanol–water partition coefficient (Wildman–Crippen LogP) is 3.56. The molecule has 8 nitrogen and oxygen atoms in total. The van der Waals surface area contributed by atoms with Gasteiger partial charge in [-0.1, -0.05) is 11.6 Å². The molecule has 2 fully saturated rings. The summed E-state index contributed by atoms with van der Waals surface area (Å²) in [4.78, 5) is 41.4. The van der Waals surface area contributed by atoms with Crippen LogP contribution in [-0.4, -0.2) is 62.3 Å². The summed E-state index contributed by atoms with van der Waals surface area (Å²) in [6.45, 7) is 1.34. The summed E-state index contributed by atoms with van der Waals surface area (Å²) < 4.78 is 20.6. The number of nitrogens with one attached hydrogen (secondary N) is 1. The molecule has 0 aliphatic carbocycles. The van der Waals surface area contributed by atoms with E-state index in [0.717, 1.165) is 17.8 Å². The quantitative estimate of drug-likeness (QED) is 0.730. The Labute approximate surface area is 187 Å². The molecule has 2 saturated heterocycles. The highest BCUT2D eigenvalue weighted by Crippen LogP contribution is 2.29. The van der Waals surface area contributed by atoms with Crippen LogP contribution >= 0.6 is 22.9 Å². The molecule has 31 heavy (non-hydrogen) atoms. The van der Waals surface area contributed by atoms with Gasteiger partial charge in [0.2, 0.25) is 0 Å². The molecule has 1 atom stereocenters. The molecule has 0 bridgehead atoms. The fraction of sp³-hybridized carbons (Fsp3) is 0.350. The molecule has 4 amide bonds. The second-order valence-corrected chi connectivity index (χ2v) is 8.99. The molecule has 2 aliphatic rings. The lowest BCUT2D eigenvalue weighted by molar-refractivity contribution is 0.0920. The van der Waals surface area contributed by atoms with Gasteiger partial charge in [-0.25, -0.2) is 14.0 Å². The average molecular weight is 467 g/mol. The van der Waals surface area contributed by atoms with Gasteiger partial charge in [0.05, 0.1) is 28.0 Å². The van der Waals surface area contributed by atoms with Gasteiger partial charge in [-0.2, -0.15) is 0 Å². The monoisotopic (exact) mass is 466 g/mol. The minimum atomic E-state index is -0.696. The van der Waals surface area contributed by atoms with Crippen molar-refractivity contribution in [2.24, 2.45) is 0 Å². The first-order valence-corrected chi connectivity index (χ1v) is 10.9. The Bertz CT molecular complexity index is 1030. The van der Waals surface area contributed by atoms with Gasteiger partial charge in [0.1, 0.15) is 11.9 Å². The molecule has 11 heteroatoms. The van der Waals surface area contributed by atoms with Gasteiger partial charge in [-0.05, 0) is 36.8 Å². The molecule has 0 saturated carbocycles. The van der Waals surface area contributed by atoms with E-state index in [4.69, 9.17) is 16.3 Å². The predicted molar refractivity (Wildman–Crippen MR) is 116 cm³/mol. The van der Waals surface area contributed by atoms with Crippen molar-refractivity contribution in [3.63, 3.8) is 0 Å². The maximum atomic E-state index is 14.8. The number of carbonyl (C=O) groups excluding carboxylic acids is 3. The number of rotatable bonds is 5. The summed E-state index contributed by atoms with van der Waals surface area (Å²) in [6.07, 6.45) is -0.531. The van der Waals surface area contributed by atoms with Crippen LogP contribution < -0.4 is 15.1 Å². The van der Waals surface area contributed by atoms with Gasteiger partial charge in [0.25, 0.3) is 5.91 Å². The number of urea groups is 1. The molecule has 1 N–H and O–H groups in total. The van der Waals surface area contributed by atoms with E-state index >= 15 is 0 Å². The summed E-state index contributed by atoms with van der Waals surface area (Å²) >= 11 is 6.98. The number of benzene rings is 1. The second kappa shape index (κ2) is 8.72. The molecule has 0 spiro atoms. The van der Waals surface area contributed by atoms with Gasteiger partial charge in [-0.3, -0.25) is 14.6 Å².